The van der Waals surface area contributed by atoms with Crippen LogP contribution < -0.4 is 16.2 Å². The van der Waals surface area contributed by atoms with Crippen LogP contribution in [0.3, 0.4) is 0 Å². The van der Waals surface area contributed by atoms with E-state index >= 15 is 0 Å². The molecule has 0 heterocycles. The van der Waals surface area contributed by atoms with Crippen molar-refractivity contribution in [2.24, 2.45) is 17.4 Å². The number of nitrogens with two attached hydrogens (primary N) is 2. The molecule has 0 atom stereocenters. The molecule has 0 aliphatic heterocycles. The zero-order valence-electron chi connectivity index (χ0n) is 9.58. The molecule has 90 valence electrons. The van der Waals surface area contributed by atoms with Crippen molar-refractivity contribution in [1.82, 2.24) is 0 Å². The van der Waals surface area contributed by atoms with Crippen molar-refractivity contribution in [1.29, 1.82) is 0 Å². The van der Waals surface area contributed by atoms with E-state index in [2.05, 4.69) is 0 Å². The molecule has 0 spiro atoms. The first-order chi connectivity index (χ1) is 7.71. The highest BCUT2D eigenvalue weighted by Crippen LogP contribution is 2.25. The predicted octanol–water partition coefficient (Wildman–Crippen LogP) is 1.81. The summed E-state index contributed by atoms with van der Waals surface area (Å²) in [7, 11) is 0. The molecule has 1 aromatic rings. The van der Waals surface area contributed by atoms with Crippen molar-refractivity contribution in [2.45, 2.75) is 13.3 Å². The summed E-state index contributed by atoms with van der Waals surface area (Å²) < 4.78 is 5.54. The molecule has 1 rings (SSSR count). The lowest BCUT2D eigenvalue weighted by molar-refractivity contribution is 0.334. The van der Waals surface area contributed by atoms with Gasteiger partial charge in [-0.25, -0.2) is 0 Å². The summed E-state index contributed by atoms with van der Waals surface area (Å²) in [6.45, 7) is 3.76. The van der Waals surface area contributed by atoms with Crippen molar-refractivity contribution in [3.8, 4) is 5.75 Å². The minimum absolute atomic E-state index is 0.276. The number of halogens is 1. The van der Waals surface area contributed by atoms with Crippen LogP contribution in [-0.2, 0) is 6.42 Å². The number of hydrogen-bond donors (Lipinski definition) is 2. The number of ether oxygens (including phenoxy) is 1. The van der Waals surface area contributed by atoms with E-state index in [0.29, 0.717) is 24.7 Å². The SMILES string of the molecule is CCOc1ccc(Cl)cc1CC(CN)CN. The highest BCUT2D eigenvalue weighted by molar-refractivity contribution is 6.30. The summed E-state index contributed by atoms with van der Waals surface area (Å²) in [5.41, 5.74) is 12.4. The van der Waals surface area contributed by atoms with E-state index in [0.717, 1.165) is 17.7 Å². The summed E-state index contributed by atoms with van der Waals surface area (Å²) in [4.78, 5) is 0. The molecule has 0 aliphatic carbocycles. The molecule has 0 aromatic heterocycles. The summed E-state index contributed by atoms with van der Waals surface area (Å²) in [6, 6.07) is 5.64. The number of hydrogen-bond acceptors (Lipinski definition) is 3. The van der Waals surface area contributed by atoms with Crippen LogP contribution >= 0.6 is 11.6 Å². The van der Waals surface area contributed by atoms with Gasteiger partial charge in [0.2, 0.25) is 0 Å². The third-order valence-corrected chi connectivity index (χ3v) is 2.73. The Labute approximate surface area is 102 Å². The predicted molar refractivity (Wildman–Crippen MR) is 67.9 cm³/mol. The first-order valence-corrected chi connectivity index (χ1v) is 5.90. The minimum atomic E-state index is 0.276. The summed E-state index contributed by atoms with van der Waals surface area (Å²) in [5.74, 6) is 1.15. The molecule has 4 N–H and O–H groups in total. The maximum atomic E-state index is 5.97. The van der Waals surface area contributed by atoms with Crippen LogP contribution in [0.2, 0.25) is 5.02 Å². The van der Waals surface area contributed by atoms with E-state index in [-0.39, 0.29) is 5.92 Å². The van der Waals surface area contributed by atoms with Crippen LogP contribution in [0.25, 0.3) is 0 Å². The van der Waals surface area contributed by atoms with Gasteiger partial charge >= 0.3 is 0 Å². The molecule has 1 aromatic carbocycles. The van der Waals surface area contributed by atoms with E-state index in [1.807, 2.05) is 25.1 Å². The maximum Gasteiger partial charge on any atom is 0.122 e. The van der Waals surface area contributed by atoms with Gasteiger partial charge < -0.3 is 16.2 Å². The lowest BCUT2D eigenvalue weighted by Crippen LogP contribution is -2.25. The Morgan fingerprint density at radius 1 is 1.31 bits per heavy atom. The van der Waals surface area contributed by atoms with Crippen molar-refractivity contribution in [3.63, 3.8) is 0 Å². The van der Waals surface area contributed by atoms with E-state index < -0.39 is 0 Å². The lowest BCUT2D eigenvalue weighted by Gasteiger charge is -2.15. The molecule has 0 bridgehead atoms. The topological polar surface area (TPSA) is 61.3 Å². The minimum Gasteiger partial charge on any atom is -0.494 e. The van der Waals surface area contributed by atoms with Crippen LogP contribution in [0, 0.1) is 5.92 Å². The smallest absolute Gasteiger partial charge is 0.122 e. The Kier molecular flexibility index (Phi) is 5.60. The van der Waals surface area contributed by atoms with Crippen molar-refractivity contribution < 1.29 is 4.74 Å². The van der Waals surface area contributed by atoms with Gasteiger partial charge in [-0.3, -0.25) is 0 Å². The fourth-order valence-electron chi connectivity index (χ4n) is 1.58. The van der Waals surface area contributed by atoms with E-state index in [1.165, 1.54) is 0 Å². The van der Waals surface area contributed by atoms with Gasteiger partial charge in [0, 0.05) is 5.02 Å². The molecule has 0 saturated heterocycles. The molecule has 3 nitrogen and oxygen atoms in total. The standard InChI is InChI=1S/C12H19ClN2O/c1-2-16-12-4-3-11(13)6-10(12)5-9(7-14)8-15/h3-4,6,9H,2,5,7-8,14-15H2,1H3. The molecule has 0 fully saturated rings. The molecule has 0 unspecified atom stereocenters. The van der Waals surface area contributed by atoms with Crippen LogP contribution in [0.1, 0.15) is 12.5 Å². The first-order valence-electron chi connectivity index (χ1n) is 5.52. The second-order valence-corrected chi connectivity index (χ2v) is 4.16. The van der Waals surface area contributed by atoms with E-state index in [1.54, 1.807) is 0 Å². The van der Waals surface area contributed by atoms with Crippen molar-refractivity contribution >= 4 is 11.6 Å². The Balaban J connectivity index is 2.86. The van der Waals surface area contributed by atoms with Gasteiger partial charge in [-0.15, -0.1) is 0 Å². The van der Waals surface area contributed by atoms with Gasteiger partial charge in [-0.05, 0) is 56.1 Å². The first kappa shape index (κ1) is 13.3. The lowest BCUT2D eigenvalue weighted by atomic mass is 9.99. The highest BCUT2D eigenvalue weighted by Gasteiger charge is 2.10. The van der Waals surface area contributed by atoms with Gasteiger partial charge in [0.05, 0.1) is 6.61 Å². The molecule has 0 radical (unpaired) electrons. The largest absolute Gasteiger partial charge is 0.494 e. The average molecular weight is 243 g/mol. The second-order valence-electron chi connectivity index (χ2n) is 3.73. The Bertz CT molecular complexity index is 327. The van der Waals surface area contributed by atoms with Gasteiger partial charge in [0.15, 0.2) is 0 Å². The third kappa shape index (κ3) is 3.67. The molecule has 0 saturated carbocycles. The summed E-state index contributed by atoms with van der Waals surface area (Å²) >= 11 is 5.97. The van der Waals surface area contributed by atoms with Crippen LogP contribution in [0.4, 0.5) is 0 Å². The Hall–Kier alpha value is -0.770. The van der Waals surface area contributed by atoms with Crippen LogP contribution in [0.15, 0.2) is 18.2 Å². The van der Waals surface area contributed by atoms with Gasteiger partial charge in [0.1, 0.15) is 5.75 Å². The quantitative estimate of drug-likeness (QED) is 0.800. The molecule has 16 heavy (non-hydrogen) atoms. The molecular formula is C12H19ClN2O. The van der Waals surface area contributed by atoms with Gasteiger partial charge in [-0.1, -0.05) is 11.6 Å². The normalized spacial score (nSPS) is 10.8. The Morgan fingerprint density at radius 3 is 2.56 bits per heavy atom. The van der Waals surface area contributed by atoms with Gasteiger partial charge in [-0.2, -0.15) is 0 Å². The maximum absolute atomic E-state index is 5.97. The zero-order chi connectivity index (χ0) is 12.0. The molecular weight excluding hydrogens is 224 g/mol. The molecule has 4 heteroatoms. The van der Waals surface area contributed by atoms with Gasteiger partial charge in [0.25, 0.3) is 0 Å². The number of rotatable bonds is 6. The fourth-order valence-corrected chi connectivity index (χ4v) is 1.77. The Morgan fingerprint density at radius 2 is 2.00 bits per heavy atom. The van der Waals surface area contributed by atoms with Crippen molar-refractivity contribution in [2.75, 3.05) is 19.7 Å². The fraction of sp³-hybridized carbons (Fsp3) is 0.500. The number of benzene rings is 1. The van der Waals surface area contributed by atoms with E-state index in [4.69, 9.17) is 27.8 Å². The summed E-state index contributed by atoms with van der Waals surface area (Å²) in [5, 5.41) is 0.714. The summed E-state index contributed by atoms with van der Waals surface area (Å²) in [6.07, 6.45) is 0.808. The molecule has 0 amide bonds. The molecule has 0 aliphatic rings. The highest BCUT2D eigenvalue weighted by atomic mass is 35.5. The third-order valence-electron chi connectivity index (χ3n) is 2.50. The van der Waals surface area contributed by atoms with E-state index in [9.17, 15) is 0 Å². The second kappa shape index (κ2) is 6.74. The monoisotopic (exact) mass is 242 g/mol. The van der Waals surface area contributed by atoms with Crippen LogP contribution in [0.5, 0.6) is 5.75 Å². The van der Waals surface area contributed by atoms with Crippen molar-refractivity contribution in [3.05, 3.63) is 28.8 Å². The average Bonchev–Trinajstić information content (AvgIpc) is 2.29. The van der Waals surface area contributed by atoms with Crippen LogP contribution in [-0.4, -0.2) is 19.7 Å². The zero-order valence-corrected chi connectivity index (χ0v) is 10.3.